The summed E-state index contributed by atoms with van der Waals surface area (Å²) in [4.78, 5) is 36.1. The molecule has 1 aliphatic rings. The van der Waals surface area contributed by atoms with E-state index in [4.69, 9.17) is 4.74 Å². The van der Waals surface area contributed by atoms with Gasteiger partial charge in [-0.15, -0.1) is 0 Å². The van der Waals surface area contributed by atoms with Crippen molar-refractivity contribution in [1.29, 1.82) is 0 Å². The second-order valence-electron chi connectivity index (χ2n) is 10.7. The van der Waals surface area contributed by atoms with E-state index in [1.54, 1.807) is 12.1 Å². The number of carbonyl (C=O) groups is 2. The largest absolute Gasteiger partial charge is 0.466 e. The van der Waals surface area contributed by atoms with Crippen LogP contribution >= 0.6 is 0 Å². The fraction of sp³-hybridized carbons (Fsp3) is 0.576. The minimum atomic E-state index is -0.576. The molecule has 7 heteroatoms. The van der Waals surface area contributed by atoms with Crippen molar-refractivity contribution in [3.8, 4) is 0 Å². The van der Waals surface area contributed by atoms with Crippen LogP contribution < -0.4 is 0 Å². The second kappa shape index (κ2) is 19.1. The predicted octanol–water partition coefficient (Wildman–Crippen LogP) is 7.70. The lowest BCUT2D eigenvalue weighted by Crippen LogP contribution is -2.45. The molecule has 0 spiro atoms. The van der Waals surface area contributed by atoms with Gasteiger partial charge in [-0.3, -0.25) is 19.8 Å². The summed E-state index contributed by atoms with van der Waals surface area (Å²) in [6, 6.07) is 17.1. The quantitative estimate of drug-likeness (QED) is 0.0697. The summed E-state index contributed by atoms with van der Waals surface area (Å²) in [7, 11) is 0. The number of rotatable bonds is 16. The fourth-order valence-corrected chi connectivity index (χ4v) is 5.28. The van der Waals surface area contributed by atoms with E-state index in [2.05, 4.69) is 24.0 Å². The van der Waals surface area contributed by atoms with E-state index in [9.17, 15) is 19.7 Å². The molecule has 40 heavy (non-hydrogen) atoms. The summed E-state index contributed by atoms with van der Waals surface area (Å²) in [6.07, 6.45) is 13.3. The van der Waals surface area contributed by atoms with Gasteiger partial charge in [-0.2, -0.15) is 0 Å². The molecule has 3 rings (SSSR count). The molecule has 2 aromatic carbocycles. The topological polar surface area (TPSA) is 89.8 Å². The Morgan fingerprint density at radius 2 is 1.57 bits per heavy atom. The van der Waals surface area contributed by atoms with Crippen molar-refractivity contribution >= 4 is 17.9 Å². The van der Waals surface area contributed by atoms with E-state index in [1.165, 1.54) is 50.2 Å². The van der Waals surface area contributed by atoms with Gasteiger partial charge < -0.3 is 9.53 Å². The molecular formula is C33H48N2O5. The molecule has 0 aliphatic carbocycles. The van der Waals surface area contributed by atoms with E-state index >= 15 is 0 Å². The molecule has 0 unspecified atom stereocenters. The van der Waals surface area contributed by atoms with E-state index in [0.29, 0.717) is 37.9 Å². The lowest BCUT2D eigenvalue weighted by Gasteiger charge is -2.40. The molecule has 0 radical (unpaired) electrons. The number of para-hydroxylation sites is 1. The average Bonchev–Trinajstić information content (AvgIpc) is 2.97. The molecule has 7 nitrogen and oxygen atoms in total. The van der Waals surface area contributed by atoms with E-state index in [0.717, 1.165) is 38.8 Å². The molecule has 0 aromatic heterocycles. The summed E-state index contributed by atoms with van der Waals surface area (Å²) in [5.41, 5.74) is 1.48. The smallest absolute Gasteiger partial charge is 0.312 e. The lowest BCUT2D eigenvalue weighted by molar-refractivity contribution is -0.385. The highest BCUT2D eigenvalue weighted by Gasteiger charge is 2.42. The van der Waals surface area contributed by atoms with Crippen LogP contribution in [0.15, 0.2) is 54.6 Å². The first-order valence-corrected chi connectivity index (χ1v) is 15.0. The molecule has 1 heterocycles. The predicted molar refractivity (Wildman–Crippen MR) is 160 cm³/mol. The highest BCUT2D eigenvalue weighted by molar-refractivity contribution is 5.77. The number of hydrogen-bond acceptors (Lipinski definition) is 6. The van der Waals surface area contributed by atoms with Crippen molar-refractivity contribution in [2.75, 3.05) is 19.7 Å². The first kappa shape index (κ1) is 33.1. The third-order valence-electron chi connectivity index (χ3n) is 7.76. The molecule has 1 saturated heterocycles. The van der Waals surface area contributed by atoms with Crippen LogP contribution in [-0.4, -0.2) is 41.8 Å². The van der Waals surface area contributed by atoms with Crippen LogP contribution in [-0.2, 0) is 27.3 Å². The van der Waals surface area contributed by atoms with Gasteiger partial charge in [0.1, 0.15) is 6.29 Å². The van der Waals surface area contributed by atoms with E-state index in [-0.39, 0.29) is 16.6 Å². The molecular weight excluding hydrogens is 504 g/mol. The molecule has 0 amide bonds. The number of ether oxygens (including phenoxy) is 1. The van der Waals surface area contributed by atoms with Gasteiger partial charge in [0, 0.05) is 24.6 Å². The molecule has 0 atom stereocenters. The maximum Gasteiger partial charge on any atom is 0.312 e. The molecule has 0 bridgehead atoms. The maximum absolute atomic E-state index is 12.9. The maximum atomic E-state index is 12.9. The molecule has 1 aliphatic heterocycles. The van der Waals surface area contributed by atoms with E-state index < -0.39 is 5.41 Å². The second-order valence-corrected chi connectivity index (χ2v) is 10.7. The summed E-state index contributed by atoms with van der Waals surface area (Å²) < 4.78 is 5.41. The summed E-state index contributed by atoms with van der Waals surface area (Å²) >= 11 is 0. The summed E-state index contributed by atoms with van der Waals surface area (Å²) in [5.74, 6) is -0.169. The number of aldehydes is 1. The molecule has 220 valence electrons. The number of benzene rings is 2. The van der Waals surface area contributed by atoms with Crippen LogP contribution in [0.4, 0.5) is 5.69 Å². The van der Waals surface area contributed by atoms with E-state index in [1.807, 2.05) is 31.2 Å². The summed E-state index contributed by atoms with van der Waals surface area (Å²) in [6.45, 7) is 6.88. The molecule has 1 fully saturated rings. The van der Waals surface area contributed by atoms with Gasteiger partial charge in [0.05, 0.1) is 16.9 Å². The van der Waals surface area contributed by atoms with Gasteiger partial charge in [-0.25, -0.2) is 0 Å². The van der Waals surface area contributed by atoms with Crippen LogP contribution in [0.3, 0.4) is 0 Å². The zero-order chi connectivity index (χ0) is 29.1. The first-order chi connectivity index (χ1) is 19.5. The minimum absolute atomic E-state index is 0.119. The Kier molecular flexibility index (Phi) is 15.8. The van der Waals surface area contributed by atoms with Crippen molar-refractivity contribution in [2.24, 2.45) is 5.41 Å². The van der Waals surface area contributed by atoms with Crippen molar-refractivity contribution in [2.45, 2.75) is 97.4 Å². The van der Waals surface area contributed by atoms with Crippen molar-refractivity contribution in [3.63, 3.8) is 0 Å². The number of hydrogen-bond donors (Lipinski definition) is 0. The standard InChI is InChI=1S/C23H28N2O4.C10H20O/c1-2-29-22(26)23(13-12-20-10-6-7-11-21(20)25(27)28)14-16-24(17-15-23)18-19-8-4-3-5-9-19;1-2-3-4-5-6-7-8-9-10-11/h3-11H,2,12-18H2,1H3;10H,2-9H2,1H3. The van der Waals surface area contributed by atoms with Gasteiger partial charge in [-0.1, -0.05) is 94.0 Å². The average molecular weight is 553 g/mol. The van der Waals surface area contributed by atoms with Crippen LogP contribution in [0.5, 0.6) is 0 Å². The normalized spacial score (nSPS) is 14.6. The van der Waals surface area contributed by atoms with Gasteiger partial charge in [0.25, 0.3) is 5.69 Å². The zero-order valence-electron chi connectivity index (χ0n) is 24.5. The third kappa shape index (κ3) is 11.6. The van der Waals surface area contributed by atoms with Crippen molar-refractivity contribution in [1.82, 2.24) is 4.90 Å². The van der Waals surface area contributed by atoms with Crippen LogP contribution in [0.2, 0.25) is 0 Å². The first-order valence-electron chi connectivity index (χ1n) is 15.0. The van der Waals surface area contributed by atoms with Crippen molar-refractivity contribution in [3.05, 3.63) is 75.8 Å². The number of nitro groups is 1. The Hall–Kier alpha value is -3.06. The Labute approximate surface area is 240 Å². The van der Waals surface area contributed by atoms with Crippen LogP contribution in [0.25, 0.3) is 0 Å². The van der Waals surface area contributed by atoms with Crippen LogP contribution in [0.1, 0.15) is 95.6 Å². The number of likely N-dealkylation sites (tertiary alicyclic amines) is 1. The molecule has 0 N–H and O–H groups in total. The van der Waals surface area contributed by atoms with Crippen molar-refractivity contribution < 1.29 is 19.2 Å². The Morgan fingerprint density at radius 3 is 2.20 bits per heavy atom. The number of esters is 1. The number of unbranched alkanes of at least 4 members (excludes halogenated alkanes) is 7. The zero-order valence-corrected chi connectivity index (χ0v) is 24.5. The number of nitrogens with zero attached hydrogens (tertiary/aromatic N) is 2. The number of carbonyl (C=O) groups excluding carboxylic acids is 2. The minimum Gasteiger partial charge on any atom is -0.466 e. The number of nitro benzene ring substituents is 1. The Morgan fingerprint density at radius 1 is 0.950 bits per heavy atom. The summed E-state index contributed by atoms with van der Waals surface area (Å²) in [5, 5.41) is 11.3. The van der Waals surface area contributed by atoms with Gasteiger partial charge in [0.2, 0.25) is 0 Å². The SMILES string of the molecule is CCCCCCCCCC=O.CCOC(=O)C1(CCc2ccccc2[N+](=O)[O-])CCN(Cc2ccccc2)CC1. The molecule has 2 aromatic rings. The monoisotopic (exact) mass is 552 g/mol. The highest BCUT2D eigenvalue weighted by atomic mass is 16.6. The Balaban J connectivity index is 0.000000432. The van der Waals surface area contributed by atoms with Crippen LogP contribution in [0, 0.1) is 15.5 Å². The highest BCUT2D eigenvalue weighted by Crippen LogP contribution is 2.39. The van der Waals surface area contributed by atoms with Gasteiger partial charge >= 0.3 is 5.97 Å². The van der Waals surface area contributed by atoms with Gasteiger partial charge in [0.15, 0.2) is 0 Å². The third-order valence-corrected chi connectivity index (χ3v) is 7.76. The number of aryl methyl sites for hydroxylation is 1. The fourth-order valence-electron chi connectivity index (χ4n) is 5.28. The number of piperidine rings is 1. The lowest BCUT2D eigenvalue weighted by atomic mass is 9.74. The Bertz CT molecular complexity index is 1000. The van der Waals surface area contributed by atoms with Gasteiger partial charge in [-0.05, 0) is 57.7 Å². The molecule has 0 saturated carbocycles.